The van der Waals surface area contributed by atoms with Gasteiger partial charge in [-0.05, 0) is 122 Å². The summed E-state index contributed by atoms with van der Waals surface area (Å²) in [7, 11) is 0. The second-order valence-electron chi connectivity index (χ2n) is 16.9. The van der Waals surface area contributed by atoms with Crippen LogP contribution in [0.25, 0.3) is 93.9 Å². The molecule has 0 aliphatic rings. The van der Waals surface area contributed by atoms with Gasteiger partial charge in [-0.2, -0.15) is 0 Å². The van der Waals surface area contributed by atoms with Crippen LogP contribution in [-0.2, 0) is 0 Å². The maximum Gasteiger partial charge on any atom is 0.0547 e. The van der Waals surface area contributed by atoms with Crippen molar-refractivity contribution in [2.45, 2.75) is 0 Å². The summed E-state index contributed by atoms with van der Waals surface area (Å²) in [6.45, 7) is 0. The predicted molar refractivity (Wildman–Crippen MR) is 280 cm³/mol. The Bertz CT molecular complexity index is 3680. The van der Waals surface area contributed by atoms with E-state index in [1.807, 2.05) is 0 Å². The van der Waals surface area contributed by atoms with Crippen molar-refractivity contribution in [1.29, 1.82) is 0 Å². The van der Waals surface area contributed by atoms with Crippen LogP contribution in [0.1, 0.15) is 0 Å². The zero-order chi connectivity index (χ0) is 43.8. The minimum atomic E-state index is 1.08. The molecule has 0 bridgehead atoms. The molecule has 0 spiro atoms. The van der Waals surface area contributed by atoms with Crippen molar-refractivity contribution in [3.05, 3.63) is 267 Å². The van der Waals surface area contributed by atoms with Crippen LogP contribution < -0.4 is 4.90 Å². The molecule has 0 aliphatic carbocycles. The van der Waals surface area contributed by atoms with Gasteiger partial charge in [-0.3, -0.25) is 0 Å². The van der Waals surface area contributed by atoms with Crippen LogP contribution in [0.5, 0.6) is 0 Å². The number of benzene rings is 11. The molecule has 12 aromatic rings. The molecule has 11 aromatic carbocycles. The first-order valence-corrected chi connectivity index (χ1v) is 22.7. The Morgan fingerprint density at radius 1 is 0.273 bits per heavy atom. The zero-order valence-electron chi connectivity index (χ0n) is 36.3. The van der Waals surface area contributed by atoms with Crippen LogP contribution in [0.15, 0.2) is 267 Å². The van der Waals surface area contributed by atoms with E-state index in [9.17, 15) is 0 Å². The van der Waals surface area contributed by atoms with Gasteiger partial charge in [0.25, 0.3) is 0 Å². The Morgan fingerprint density at radius 3 is 1.55 bits per heavy atom. The summed E-state index contributed by atoms with van der Waals surface area (Å²) >= 11 is 0. The number of anilines is 3. The third kappa shape index (κ3) is 7.02. The number of aromatic nitrogens is 1. The van der Waals surface area contributed by atoms with E-state index in [4.69, 9.17) is 0 Å². The summed E-state index contributed by atoms with van der Waals surface area (Å²) in [5, 5.41) is 4.99. The lowest BCUT2D eigenvalue weighted by molar-refractivity contribution is 1.18. The van der Waals surface area contributed by atoms with Gasteiger partial charge in [0.05, 0.1) is 16.7 Å². The lowest BCUT2D eigenvalue weighted by Crippen LogP contribution is -2.11. The summed E-state index contributed by atoms with van der Waals surface area (Å²) in [6.07, 6.45) is 0. The summed E-state index contributed by atoms with van der Waals surface area (Å²) in [6, 6.07) is 96.9. The Kier molecular flexibility index (Phi) is 9.89. The largest absolute Gasteiger partial charge is 0.310 e. The standard InChI is InChI=1S/C64H44N2/c1-3-17-45(18-4-1)51-21-15-24-55(44-51)65(54-41-39-48(40-42-54)47-33-35-49(36-34-47)52-38-37-46-19-7-8-20-50(46)43-52)61-30-13-11-27-58(61)56-25-9-10-26-57(56)59-29-16-32-63-64(59)60-28-12-14-31-62(60)66(63)53-22-5-2-6-23-53/h1-44H. The molecular weight excluding hydrogens is 797 g/mol. The molecule has 0 saturated heterocycles. The highest BCUT2D eigenvalue weighted by Gasteiger charge is 2.22. The second kappa shape index (κ2) is 16.8. The molecule has 1 heterocycles. The van der Waals surface area contributed by atoms with Crippen LogP contribution in [0.4, 0.5) is 17.1 Å². The summed E-state index contributed by atoms with van der Waals surface area (Å²) in [4.78, 5) is 2.42. The number of hydrogen-bond donors (Lipinski definition) is 0. The first kappa shape index (κ1) is 38.9. The molecule has 1 aromatic heterocycles. The Balaban J connectivity index is 0.985. The fraction of sp³-hybridized carbons (Fsp3) is 0. The molecule has 2 heteroatoms. The summed E-state index contributed by atoms with van der Waals surface area (Å²) in [5.41, 5.74) is 18.6. The van der Waals surface area contributed by atoms with Gasteiger partial charge in [-0.15, -0.1) is 0 Å². The quantitative estimate of drug-likeness (QED) is 0.141. The van der Waals surface area contributed by atoms with Gasteiger partial charge in [0.1, 0.15) is 0 Å². The first-order valence-electron chi connectivity index (χ1n) is 22.7. The van der Waals surface area contributed by atoms with E-state index in [0.29, 0.717) is 0 Å². The van der Waals surface area contributed by atoms with Gasteiger partial charge < -0.3 is 9.47 Å². The molecule has 66 heavy (non-hydrogen) atoms. The van der Waals surface area contributed by atoms with Crippen LogP contribution in [0.3, 0.4) is 0 Å². The van der Waals surface area contributed by atoms with Crippen molar-refractivity contribution in [1.82, 2.24) is 4.57 Å². The van der Waals surface area contributed by atoms with Crippen LogP contribution >= 0.6 is 0 Å². The SMILES string of the molecule is c1ccc(-c2cccc(N(c3ccc(-c4ccc(-c5ccc6ccccc6c5)cc4)cc3)c3ccccc3-c3ccccc3-c3cccc4c3c3ccccc3n4-c3ccccc3)c2)cc1. The molecule has 0 aliphatic heterocycles. The van der Waals surface area contributed by atoms with E-state index >= 15 is 0 Å². The van der Waals surface area contributed by atoms with E-state index < -0.39 is 0 Å². The van der Waals surface area contributed by atoms with Crippen molar-refractivity contribution in [2.75, 3.05) is 4.90 Å². The van der Waals surface area contributed by atoms with Crippen LogP contribution in [0.2, 0.25) is 0 Å². The minimum Gasteiger partial charge on any atom is -0.310 e. The number of fused-ring (bicyclic) bond motifs is 4. The highest BCUT2D eigenvalue weighted by atomic mass is 15.1. The lowest BCUT2D eigenvalue weighted by Gasteiger charge is -2.29. The van der Waals surface area contributed by atoms with Crippen molar-refractivity contribution in [3.63, 3.8) is 0 Å². The fourth-order valence-corrected chi connectivity index (χ4v) is 9.86. The lowest BCUT2D eigenvalue weighted by atomic mass is 9.90. The van der Waals surface area contributed by atoms with Crippen LogP contribution in [0, 0.1) is 0 Å². The van der Waals surface area contributed by atoms with Crippen LogP contribution in [-0.4, -0.2) is 4.57 Å². The number of rotatable bonds is 9. The van der Waals surface area contributed by atoms with Crippen molar-refractivity contribution in [2.24, 2.45) is 0 Å². The average Bonchev–Trinajstić information content (AvgIpc) is 3.74. The normalized spacial score (nSPS) is 11.3. The molecule has 310 valence electrons. The van der Waals surface area contributed by atoms with Crippen molar-refractivity contribution >= 4 is 49.6 Å². The minimum absolute atomic E-state index is 1.08. The molecule has 12 rings (SSSR count). The van der Waals surface area contributed by atoms with E-state index in [0.717, 1.165) is 28.3 Å². The molecule has 0 fully saturated rings. The number of hydrogen-bond acceptors (Lipinski definition) is 1. The van der Waals surface area contributed by atoms with E-state index in [1.165, 1.54) is 82.6 Å². The third-order valence-electron chi connectivity index (χ3n) is 13.0. The molecule has 2 nitrogen and oxygen atoms in total. The molecule has 0 unspecified atom stereocenters. The fourth-order valence-electron chi connectivity index (χ4n) is 9.86. The number of para-hydroxylation sites is 3. The highest BCUT2D eigenvalue weighted by molar-refractivity contribution is 6.17. The van der Waals surface area contributed by atoms with E-state index in [1.54, 1.807) is 0 Å². The Morgan fingerprint density at radius 2 is 0.773 bits per heavy atom. The maximum atomic E-state index is 2.42. The van der Waals surface area contributed by atoms with Gasteiger partial charge in [-0.1, -0.05) is 206 Å². The highest BCUT2D eigenvalue weighted by Crippen LogP contribution is 2.47. The van der Waals surface area contributed by atoms with Gasteiger partial charge in [0.15, 0.2) is 0 Å². The molecule has 0 atom stereocenters. The summed E-state index contributed by atoms with van der Waals surface area (Å²) in [5.74, 6) is 0. The first-order chi connectivity index (χ1) is 32.7. The topological polar surface area (TPSA) is 8.17 Å². The average molecular weight is 841 g/mol. The molecule has 0 amide bonds. The smallest absolute Gasteiger partial charge is 0.0547 e. The molecule has 0 radical (unpaired) electrons. The van der Waals surface area contributed by atoms with E-state index in [-0.39, 0.29) is 0 Å². The summed E-state index contributed by atoms with van der Waals surface area (Å²) < 4.78 is 2.40. The van der Waals surface area contributed by atoms with E-state index in [2.05, 4.69) is 276 Å². The predicted octanol–water partition coefficient (Wildman–Crippen LogP) is 17.7. The second-order valence-corrected chi connectivity index (χ2v) is 16.9. The van der Waals surface area contributed by atoms with Crippen molar-refractivity contribution < 1.29 is 0 Å². The zero-order valence-corrected chi connectivity index (χ0v) is 36.3. The Hall–Kier alpha value is -8.72. The molecule has 0 N–H and O–H groups in total. The van der Waals surface area contributed by atoms with Gasteiger partial charge in [0, 0.05) is 33.4 Å². The van der Waals surface area contributed by atoms with Gasteiger partial charge in [-0.25, -0.2) is 0 Å². The maximum absolute atomic E-state index is 2.42. The monoisotopic (exact) mass is 840 g/mol. The molecule has 0 saturated carbocycles. The number of nitrogens with zero attached hydrogens (tertiary/aromatic N) is 2. The van der Waals surface area contributed by atoms with Crippen molar-refractivity contribution in [3.8, 4) is 61.3 Å². The van der Waals surface area contributed by atoms with Gasteiger partial charge >= 0.3 is 0 Å². The third-order valence-corrected chi connectivity index (χ3v) is 13.0. The molecular formula is C64H44N2. The van der Waals surface area contributed by atoms with Gasteiger partial charge in [0.2, 0.25) is 0 Å². The Labute approximate surface area is 385 Å².